The second-order valence-corrected chi connectivity index (χ2v) is 4.64. The van der Waals surface area contributed by atoms with Gasteiger partial charge in [-0.15, -0.1) is 0 Å². The topological polar surface area (TPSA) is 44.4 Å². The van der Waals surface area contributed by atoms with Crippen molar-refractivity contribution in [2.24, 2.45) is 0 Å². The van der Waals surface area contributed by atoms with Crippen molar-refractivity contribution in [3.63, 3.8) is 0 Å². The number of carbonyl (C=O) groups excluding carboxylic acids is 1. The molecule has 4 nitrogen and oxygen atoms in total. The van der Waals surface area contributed by atoms with Crippen LogP contribution in [0.15, 0.2) is 30.3 Å². The van der Waals surface area contributed by atoms with Gasteiger partial charge in [0.2, 0.25) is 0 Å². The third-order valence-electron chi connectivity index (χ3n) is 2.33. The van der Waals surface area contributed by atoms with E-state index >= 15 is 0 Å². The number of hydrogen-bond acceptors (Lipinski definition) is 3. The van der Waals surface area contributed by atoms with Crippen molar-refractivity contribution < 1.29 is 4.79 Å². The van der Waals surface area contributed by atoms with Crippen LogP contribution in [0.2, 0.25) is 0 Å². The number of hydrogen-bond donors (Lipinski definition) is 2. The van der Waals surface area contributed by atoms with E-state index in [1.165, 1.54) is 0 Å². The molecular formula is C13H19N3OS. The minimum atomic E-state index is -0.180. The molecule has 98 valence electrons. The molecule has 18 heavy (non-hydrogen) atoms. The average molecular weight is 265 g/mol. The Morgan fingerprint density at radius 3 is 2.56 bits per heavy atom. The number of nitrogens with zero attached hydrogens (tertiary/aromatic N) is 1. The summed E-state index contributed by atoms with van der Waals surface area (Å²) < 4.78 is 0. The summed E-state index contributed by atoms with van der Waals surface area (Å²) in [6.07, 6.45) is 0.981. The Morgan fingerprint density at radius 2 is 1.94 bits per heavy atom. The monoisotopic (exact) mass is 265 g/mol. The van der Waals surface area contributed by atoms with Crippen molar-refractivity contribution in [2.75, 3.05) is 27.2 Å². The highest BCUT2D eigenvalue weighted by Gasteiger charge is 2.05. The van der Waals surface area contributed by atoms with Gasteiger partial charge in [-0.2, -0.15) is 0 Å². The highest BCUT2D eigenvalue weighted by molar-refractivity contribution is 7.80. The van der Waals surface area contributed by atoms with Crippen LogP contribution in [0.1, 0.15) is 16.8 Å². The Morgan fingerprint density at radius 1 is 1.28 bits per heavy atom. The Kier molecular flexibility index (Phi) is 6.32. The van der Waals surface area contributed by atoms with Crippen LogP contribution < -0.4 is 10.6 Å². The lowest BCUT2D eigenvalue weighted by Gasteiger charge is -2.11. The van der Waals surface area contributed by atoms with Crippen LogP contribution in [0, 0.1) is 0 Å². The number of carbonyl (C=O) groups is 1. The van der Waals surface area contributed by atoms with Gasteiger partial charge in [-0.25, -0.2) is 0 Å². The first kappa shape index (κ1) is 14.6. The quantitative estimate of drug-likeness (QED) is 0.621. The van der Waals surface area contributed by atoms with Crippen molar-refractivity contribution in [1.29, 1.82) is 0 Å². The summed E-state index contributed by atoms with van der Waals surface area (Å²) in [4.78, 5) is 13.9. The molecule has 2 N–H and O–H groups in total. The second-order valence-electron chi connectivity index (χ2n) is 4.23. The molecule has 0 aromatic heterocycles. The van der Waals surface area contributed by atoms with Gasteiger partial charge in [-0.3, -0.25) is 10.1 Å². The molecule has 0 aliphatic carbocycles. The predicted molar refractivity (Wildman–Crippen MR) is 77.7 cm³/mol. The highest BCUT2D eigenvalue weighted by atomic mass is 32.1. The molecule has 0 spiro atoms. The first-order chi connectivity index (χ1) is 8.59. The van der Waals surface area contributed by atoms with E-state index in [-0.39, 0.29) is 5.91 Å². The lowest BCUT2D eigenvalue weighted by atomic mass is 10.2. The maximum atomic E-state index is 11.7. The molecule has 0 bridgehead atoms. The maximum Gasteiger partial charge on any atom is 0.257 e. The van der Waals surface area contributed by atoms with E-state index < -0.39 is 0 Å². The molecule has 5 heteroatoms. The summed E-state index contributed by atoms with van der Waals surface area (Å²) in [5, 5.41) is 6.04. The molecule has 1 amide bonds. The minimum absolute atomic E-state index is 0.180. The van der Waals surface area contributed by atoms with E-state index in [9.17, 15) is 4.79 Å². The van der Waals surface area contributed by atoms with Gasteiger partial charge in [-0.1, -0.05) is 18.2 Å². The fraction of sp³-hybridized carbons (Fsp3) is 0.385. The van der Waals surface area contributed by atoms with Gasteiger partial charge in [0, 0.05) is 12.1 Å². The van der Waals surface area contributed by atoms with Gasteiger partial charge in [0.15, 0.2) is 5.11 Å². The smallest absolute Gasteiger partial charge is 0.257 e. The van der Waals surface area contributed by atoms with Gasteiger partial charge in [-0.05, 0) is 51.4 Å². The highest BCUT2D eigenvalue weighted by Crippen LogP contribution is 1.97. The van der Waals surface area contributed by atoms with E-state index in [1.807, 2.05) is 32.3 Å². The van der Waals surface area contributed by atoms with Crippen LogP contribution in [0.4, 0.5) is 0 Å². The number of nitrogens with one attached hydrogen (secondary N) is 2. The second kappa shape index (κ2) is 7.79. The van der Waals surface area contributed by atoms with Crippen molar-refractivity contribution in [2.45, 2.75) is 6.42 Å². The third kappa shape index (κ3) is 5.75. The van der Waals surface area contributed by atoms with Crippen LogP contribution in [-0.2, 0) is 0 Å². The number of rotatable bonds is 5. The van der Waals surface area contributed by atoms with E-state index in [1.54, 1.807) is 12.1 Å². The Hall–Kier alpha value is -1.46. The standard InChI is InChI=1S/C13H19N3OS/c1-16(2)10-6-9-14-13(18)15-12(17)11-7-4-3-5-8-11/h3-5,7-8H,6,9-10H2,1-2H3,(H2,14,15,17,18). The van der Waals surface area contributed by atoms with Gasteiger partial charge < -0.3 is 10.2 Å². The zero-order chi connectivity index (χ0) is 13.4. The molecule has 1 rings (SSSR count). The molecular weight excluding hydrogens is 246 g/mol. The average Bonchev–Trinajstić information content (AvgIpc) is 2.35. The van der Waals surface area contributed by atoms with Crippen molar-refractivity contribution >= 4 is 23.2 Å². The van der Waals surface area contributed by atoms with E-state index in [0.717, 1.165) is 19.5 Å². The molecule has 0 radical (unpaired) electrons. The first-order valence-electron chi connectivity index (χ1n) is 5.88. The maximum absolute atomic E-state index is 11.7. The number of amides is 1. The summed E-state index contributed by atoms with van der Waals surface area (Å²) in [6.45, 7) is 1.74. The van der Waals surface area contributed by atoms with E-state index in [2.05, 4.69) is 15.5 Å². The van der Waals surface area contributed by atoms with Gasteiger partial charge in [0.05, 0.1) is 0 Å². The van der Waals surface area contributed by atoms with Gasteiger partial charge in [0.25, 0.3) is 5.91 Å². The zero-order valence-electron chi connectivity index (χ0n) is 10.8. The first-order valence-corrected chi connectivity index (χ1v) is 6.29. The normalized spacial score (nSPS) is 10.2. The lowest BCUT2D eigenvalue weighted by molar-refractivity contribution is 0.0976. The Labute approximate surface area is 113 Å². The molecule has 0 unspecified atom stereocenters. The molecule has 1 aromatic carbocycles. The molecule has 0 aliphatic rings. The Balaban J connectivity index is 2.26. The van der Waals surface area contributed by atoms with Crippen LogP contribution in [0.3, 0.4) is 0 Å². The SMILES string of the molecule is CN(C)CCCNC(=S)NC(=O)c1ccccc1. The van der Waals surface area contributed by atoms with Crippen molar-refractivity contribution in [1.82, 2.24) is 15.5 Å². The summed E-state index contributed by atoms with van der Waals surface area (Å²) in [5.41, 5.74) is 0.606. The minimum Gasteiger partial charge on any atom is -0.362 e. The number of benzene rings is 1. The predicted octanol–water partition coefficient (Wildman–Crippen LogP) is 1.24. The fourth-order valence-electron chi connectivity index (χ4n) is 1.41. The van der Waals surface area contributed by atoms with Gasteiger partial charge >= 0.3 is 0 Å². The zero-order valence-corrected chi connectivity index (χ0v) is 11.6. The fourth-order valence-corrected chi connectivity index (χ4v) is 1.60. The molecule has 0 atom stereocenters. The molecule has 0 heterocycles. The summed E-state index contributed by atoms with van der Waals surface area (Å²) in [7, 11) is 4.05. The third-order valence-corrected chi connectivity index (χ3v) is 2.58. The van der Waals surface area contributed by atoms with Crippen molar-refractivity contribution in [3.05, 3.63) is 35.9 Å². The molecule has 0 saturated heterocycles. The van der Waals surface area contributed by atoms with E-state index in [4.69, 9.17) is 12.2 Å². The van der Waals surface area contributed by atoms with Crippen LogP contribution in [0.25, 0.3) is 0 Å². The Bertz CT molecular complexity index is 392. The van der Waals surface area contributed by atoms with Crippen LogP contribution >= 0.6 is 12.2 Å². The van der Waals surface area contributed by atoms with Crippen LogP contribution in [-0.4, -0.2) is 43.1 Å². The van der Waals surface area contributed by atoms with Gasteiger partial charge in [0.1, 0.15) is 0 Å². The lowest BCUT2D eigenvalue weighted by Crippen LogP contribution is -2.40. The largest absolute Gasteiger partial charge is 0.362 e. The number of thiocarbonyl (C=S) groups is 1. The summed E-state index contributed by atoms with van der Waals surface area (Å²) in [5.74, 6) is -0.180. The van der Waals surface area contributed by atoms with Crippen molar-refractivity contribution in [3.8, 4) is 0 Å². The molecule has 0 saturated carbocycles. The van der Waals surface area contributed by atoms with Crippen LogP contribution in [0.5, 0.6) is 0 Å². The molecule has 0 fully saturated rings. The van der Waals surface area contributed by atoms with E-state index in [0.29, 0.717) is 10.7 Å². The molecule has 0 aliphatic heterocycles. The summed E-state index contributed by atoms with van der Waals surface area (Å²) >= 11 is 5.05. The summed E-state index contributed by atoms with van der Waals surface area (Å²) in [6, 6.07) is 9.02. The molecule has 1 aromatic rings.